The molecule has 3 rings (SSSR count). The largest absolute Gasteiger partial charge is 0.305 e. The van der Waals surface area contributed by atoms with Crippen molar-refractivity contribution in [2.24, 2.45) is 12.1 Å². The molecule has 2 aromatic carbocycles. The fourth-order valence-corrected chi connectivity index (χ4v) is 3.59. The third-order valence-corrected chi connectivity index (χ3v) is 5.58. The van der Waals surface area contributed by atoms with Crippen molar-refractivity contribution in [2.45, 2.75) is 19.0 Å². The number of halogens is 1. The maximum atomic E-state index is 12.1. The lowest BCUT2D eigenvalue weighted by Gasteiger charge is -2.05. The van der Waals surface area contributed by atoms with E-state index in [1.807, 2.05) is 74.0 Å². The van der Waals surface area contributed by atoms with Gasteiger partial charge in [0.2, 0.25) is 0 Å². The van der Waals surface area contributed by atoms with Crippen LogP contribution in [0, 0.1) is 6.92 Å². The molecule has 0 aliphatic rings. The van der Waals surface area contributed by atoms with Gasteiger partial charge in [-0.15, -0.1) is 10.2 Å². The van der Waals surface area contributed by atoms with Crippen molar-refractivity contribution < 1.29 is 4.79 Å². The molecule has 0 saturated carbocycles. The first-order valence-electron chi connectivity index (χ1n) is 8.62. The average molecular weight is 458 g/mol. The van der Waals surface area contributed by atoms with E-state index >= 15 is 0 Å². The number of rotatable bonds is 6. The normalized spacial score (nSPS) is 11.5. The van der Waals surface area contributed by atoms with Gasteiger partial charge >= 0.3 is 0 Å². The number of hydrazone groups is 1. The van der Waals surface area contributed by atoms with E-state index < -0.39 is 0 Å². The number of hydrogen-bond acceptors (Lipinski definition) is 5. The number of benzene rings is 2. The van der Waals surface area contributed by atoms with E-state index in [1.54, 1.807) is 0 Å². The van der Waals surface area contributed by atoms with Crippen molar-refractivity contribution in [3.63, 3.8) is 0 Å². The molecule has 3 aromatic rings. The molecule has 0 atom stereocenters. The number of nitrogens with zero attached hydrogens (tertiary/aromatic N) is 4. The molecule has 6 nitrogen and oxygen atoms in total. The smallest absolute Gasteiger partial charge is 0.250 e. The van der Waals surface area contributed by atoms with Gasteiger partial charge in [-0.25, -0.2) is 5.43 Å². The van der Waals surface area contributed by atoms with Gasteiger partial charge in [-0.05, 0) is 31.5 Å². The van der Waals surface area contributed by atoms with Crippen LogP contribution in [0.25, 0.3) is 11.4 Å². The summed E-state index contributed by atoms with van der Waals surface area (Å²) in [5.41, 5.74) is 6.47. The van der Waals surface area contributed by atoms with Crippen molar-refractivity contribution >= 4 is 39.3 Å². The van der Waals surface area contributed by atoms with Gasteiger partial charge in [-0.1, -0.05) is 69.7 Å². The van der Waals surface area contributed by atoms with E-state index in [0.717, 1.165) is 27.1 Å². The minimum atomic E-state index is -0.191. The molecule has 0 bridgehead atoms. The molecule has 0 spiro atoms. The van der Waals surface area contributed by atoms with Crippen LogP contribution in [0.2, 0.25) is 0 Å². The first kappa shape index (κ1) is 20.3. The number of hydrogen-bond donors (Lipinski definition) is 1. The molecule has 28 heavy (non-hydrogen) atoms. The van der Waals surface area contributed by atoms with E-state index in [4.69, 9.17) is 0 Å². The molecule has 0 radical (unpaired) electrons. The van der Waals surface area contributed by atoms with Gasteiger partial charge in [0, 0.05) is 17.1 Å². The molecule has 1 N–H and O–H groups in total. The van der Waals surface area contributed by atoms with E-state index in [1.165, 1.54) is 17.3 Å². The molecule has 0 aliphatic heterocycles. The highest BCUT2D eigenvalue weighted by Gasteiger charge is 2.13. The maximum Gasteiger partial charge on any atom is 0.250 e. The molecular formula is C20H20BrN5OS. The summed E-state index contributed by atoms with van der Waals surface area (Å²) in [6.45, 7) is 3.90. The highest BCUT2D eigenvalue weighted by Crippen LogP contribution is 2.24. The average Bonchev–Trinajstić information content (AvgIpc) is 3.05. The third kappa shape index (κ3) is 5.08. The van der Waals surface area contributed by atoms with Gasteiger partial charge in [-0.2, -0.15) is 5.10 Å². The second-order valence-corrected chi connectivity index (χ2v) is 8.12. The van der Waals surface area contributed by atoms with Crippen molar-refractivity contribution in [3.05, 3.63) is 64.1 Å². The predicted molar refractivity (Wildman–Crippen MR) is 116 cm³/mol. The molecule has 1 heterocycles. The number of aryl methyl sites for hydroxylation is 1. The quantitative estimate of drug-likeness (QED) is 0.342. The van der Waals surface area contributed by atoms with Crippen molar-refractivity contribution in [2.75, 3.05) is 5.75 Å². The predicted octanol–water partition coefficient (Wildman–Crippen LogP) is 4.19. The summed E-state index contributed by atoms with van der Waals surface area (Å²) in [6.07, 6.45) is 0. The molecule has 0 saturated heterocycles. The van der Waals surface area contributed by atoms with Crippen LogP contribution in [0.4, 0.5) is 0 Å². The summed E-state index contributed by atoms with van der Waals surface area (Å²) in [4.78, 5) is 12.1. The molecule has 0 fully saturated rings. The fourth-order valence-electron chi connectivity index (χ4n) is 2.49. The molecule has 1 aromatic heterocycles. The number of thioether (sulfide) groups is 1. The van der Waals surface area contributed by atoms with Gasteiger partial charge < -0.3 is 4.57 Å². The third-order valence-electron chi connectivity index (χ3n) is 4.07. The number of nitrogens with one attached hydrogen (secondary N) is 1. The Labute approximate surface area is 176 Å². The Morgan fingerprint density at radius 2 is 1.96 bits per heavy atom. The minimum Gasteiger partial charge on any atom is -0.305 e. The Morgan fingerprint density at radius 3 is 2.68 bits per heavy atom. The van der Waals surface area contributed by atoms with Crippen LogP contribution in [-0.2, 0) is 11.8 Å². The second-order valence-electron chi connectivity index (χ2n) is 6.26. The Hall–Kier alpha value is -2.45. The minimum absolute atomic E-state index is 0.191. The van der Waals surface area contributed by atoms with E-state index in [2.05, 4.69) is 36.7 Å². The van der Waals surface area contributed by atoms with Crippen LogP contribution in [0.15, 0.2) is 63.3 Å². The summed E-state index contributed by atoms with van der Waals surface area (Å²) in [5.74, 6) is 0.760. The Morgan fingerprint density at radius 1 is 1.21 bits per heavy atom. The topological polar surface area (TPSA) is 72.2 Å². The van der Waals surface area contributed by atoms with Crippen LogP contribution in [0.5, 0.6) is 0 Å². The molecule has 0 aliphatic carbocycles. The van der Waals surface area contributed by atoms with E-state index in [0.29, 0.717) is 5.16 Å². The van der Waals surface area contributed by atoms with Crippen molar-refractivity contribution in [3.8, 4) is 11.4 Å². The van der Waals surface area contributed by atoms with Crippen LogP contribution in [0.1, 0.15) is 18.1 Å². The second kappa shape index (κ2) is 9.16. The van der Waals surface area contributed by atoms with Gasteiger partial charge in [0.1, 0.15) is 0 Å². The Balaban J connectivity index is 1.59. The van der Waals surface area contributed by atoms with Crippen LogP contribution in [0.3, 0.4) is 0 Å². The van der Waals surface area contributed by atoms with Crippen LogP contribution in [-0.4, -0.2) is 32.1 Å². The summed E-state index contributed by atoms with van der Waals surface area (Å²) >= 11 is 4.78. The number of carbonyl (C=O) groups is 1. The number of aromatic nitrogens is 3. The highest BCUT2D eigenvalue weighted by atomic mass is 79.9. The lowest BCUT2D eigenvalue weighted by atomic mass is 10.1. The van der Waals surface area contributed by atoms with Gasteiger partial charge in [-0.3, -0.25) is 4.79 Å². The SMILES string of the molecule is CC(=NNC(=O)CSc1nnc(-c2cccc(Br)c2)n1C)c1ccc(C)cc1. The summed E-state index contributed by atoms with van der Waals surface area (Å²) < 4.78 is 2.85. The molecular weight excluding hydrogens is 438 g/mol. The first-order valence-corrected chi connectivity index (χ1v) is 10.4. The van der Waals surface area contributed by atoms with E-state index in [9.17, 15) is 4.79 Å². The summed E-state index contributed by atoms with van der Waals surface area (Å²) in [6, 6.07) is 15.9. The lowest BCUT2D eigenvalue weighted by molar-refractivity contribution is -0.118. The monoisotopic (exact) mass is 457 g/mol. The van der Waals surface area contributed by atoms with Crippen LogP contribution < -0.4 is 5.43 Å². The zero-order chi connectivity index (χ0) is 20.1. The zero-order valence-electron chi connectivity index (χ0n) is 15.8. The molecule has 8 heteroatoms. The number of amides is 1. The Kier molecular flexibility index (Phi) is 6.64. The van der Waals surface area contributed by atoms with Gasteiger partial charge in [0.15, 0.2) is 11.0 Å². The van der Waals surface area contributed by atoms with Gasteiger partial charge in [0.25, 0.3) is 5.91 Å². The standard InChI is InChI=1S/C20H20BrN5OS/c1-13-7-9-15(10-8-13)14(2)22-23-18(27)12-28-20-25-24-19(26(20)3)16-5-4-6-17(21)11-16/h4-11H,12H2,1-3H3,(H,23,27). The van der Waals surface area contributed by atoms with Crippen molar-refractivity contribution in [1.29, 1.82) is 0 Å². The molecule has 144 valence electrons. The molecule has 0 unspecified atom stereocenters. The number of carbonyl (C=O) groups excluding carboxylic acids is 1. The molecule has 1 amide bonds. The van der Waals surface area contributed by atoms with E-state index in [-0.39, 0.29) is 11.7 Å². The lowest BCUT2D eigenvalue weighted by Crippen LogP contribution is -2.21. The Bertz CT molecular complexity index is 1010. The summed E-state index contributed by atoms with van der Waals surface area (Å²) in [7, 11) is 1.89. The van der Waals surface area contributed by atoms with Crippen LogP contribution >= 0.6 is 27.7 Å². The first-order chi connectivity index (χ1) is 13.4. The van der Waals surface area contributed by atoms with Gasteiger partial charge in [0.05, 0.1) is 11.5 Å². The zero-order valence-corrected chi connectivity index (χ0v) is 18.2. The van der Waals surface area contributed by atoms with Crippen molar-refractivity contribution in [1.82, 2.24) is 20.2 Å². The summed E-state index contributed by atoms with van der Waals surface area (Å²) in [5, 5.41) is 13.3. The fraction of sp³-hybridized carbons (Fsp3) is 0.200. The highest BCUT2D eigenvalue weighted by molar-refractivity contribution is 9.10. The maximum absolute atomic E-state index is 12.1.